The number of ether oxygens (including phenoxy) is 2. The van der Waals surface area contributed by atoms with Crippen LogP contribution in [-0.4, -0.2) is 22.0 Å². The van der Waals surface area contributed by atoms with Crippen LogP contribution in [0.4, 0.5) is 0 Å². The second-order valence-electron chi connectivity index (χ2n) is 1.77. The molecule has 0 rings (SSSR count). The van der Waals surface area contributed by atoms with E-state index in [1.54, 1.807) is 16.5 Å². The van der Waals surface area contributed by atoms with Crippen molar-refractivity contribution in [2.75, 3.05) is 13.2 Å². The zero-order valence-corrected chi connectivity index (χ0v) is 16.3. The molecule has 0 N–H and O–H groups in total. The van der Waals surface area contributed by atoms with Gasteiger partial charge in [-0.1, -0.05) is 0 Å². The van der Waals surface area contributed by atoms with Crippen molar-refractivity contribution in [2.45, 2.75) is 13.8 Å². The summed E-state index contributed by atoms with van der Waals surface area (Å²) in [6.45, 7) is 5.17. The van der Waals surface area contributed by atoms with Gasteiger partial charge in [-0.25, -0.2) is 0 Å². The molecule has 0 saturated heterocycles. The van der Waals surface area contributed by atoms with Crippen LogP contribution in [0.5, 0.6) is 0 Å². The summed E-state index contributed by atoms with van der Waals surface area (Å²) >= 11 is 8.81. The molecule has 0 aliphatic carbocycles. The van der Waals surface area contributed by atoms with Crippen LogP contribution in [-0.2, 0) is 31.0 Å². The number of rotatable bonds is 4. The Morgan fingerprint density at radius 3 is 1.77 bits per heavy atom. The van der Waals surface area contributed by atoms with Crippen molar-refractivity contribution in [1.82, 2.24) is 0 Å². The van der Waals surface area contributed by atoms with Crippen molar-refractivity contribution >= 4 is 49.7 Å². The molecule has 0 fully saturated rings. The van der Waals surface area contributed by atoms with Gasteiger partial charge in [-0.3, -0.25) is 0 Å². The molecule has 7 heteroatoms. The van der Waals surface area contributed by atoms with E-state index in [-0.39, 0.29) is 0 Å². The van der Waals surface area contributed by atoms with Gasteiger partial charge in [0.2, 0.25) is 0 Å². The van der Waals surface area contributed by atoms with Gasteiger partial charge >= 0.3 is 108 Å². The zero-order chi connectivity index (χ0) is 10.1. The van der Waals surface area contributed by atoms with Crippen LogP contribution in [0.15, 0.2) is 0 Å². The molecule has 0 saturated carbocycles. The molecule has 2 nitrogen and oxygen atoms in total. The van der Waals surface area contributed by atoms with Gasteiger partial charge in [0.05, 0.1) is 0 Å². The van der Waals surface area contributed by atoms with Crippen molar-refractivity contribution in [2.24, 2.45) is 0 Å². The predicted molar refractivity (Wildman–Crippen MR) is 63.6 cm³/mol. The molecule has 0 aromatic carbocycles. The average molecular weight is 443 g/mol. The molecule has 0 spiro atoms. The molecular weight excluding hydrogens is 433 g/mol. The van der Waals surface area contributed by atoms with E-state index in [9.17, 15) is 0 Å². The van der Waals surface area contributed by atoms with Crippen LogP contribution in [0.2, 0.25) is 0 Å². The molecule has 0 atom stereocenters. The van der Waals surface area contributed by atoms with Crippen molar-refractivity contribution in [3.63, 3.8) is 0 Å². The molecule has 0 aromatic rings. The van der Waals surface area contributed by atoms with Gasteiger partial charge in [0.25, 0.3) is 0 Å². The molecular formula is C6H10HgO2S4. The Hall–Kier alpha value is 1.42. The Labute approximate surface area is 107 Å². The third kappa shape index (κ3) is 9.71. The third-order valence-corrected chi connectivity index (χ3v) is 22.7. The number of thiocarbonyl (C=S) groups is 2. The summed E-state index contributed by atoms with van der Waals surface area (Å²) in [5, 5.41) is 0. The molecule has 0 heterocycles. The molecule has 0 bridgehead atoms. The summed E-state index contributed by atoms with van der Waals surface area (Å²) in [6.07, 6.45) is 0. The van der Waals surface area contributed by atoms with Gasteiger partial charge in [-0.2, -0.15) is 0 Å². The monoisotopic (exact) mass is 444 g/mol. The van der Waals surface area contributed by atoms with Crippen molar-refractivity contribution in [3.8, 4) is 0 Å². The van der Waals surface area contributed by atoms with Crippen LogP contribution >= 0.6 is 40.9 Å². The predicted octanol–water partition coefficient (Wildman–Crippen LogP) is 3.01. The van der Waals surface area contributed by atoms with Crippen molar-refractivity contribution in [3.05, 3.63) is 0 Å². The minimum absolute atomic E-state index is 0.653. The second kappa shape index (κ2) is 9.95. The molecule has 0 radical (unpaired) electrons. The summed E-state index contributed by atoms with van der Waals surface area (Å²) < 4.78 is 11.6. The van der Waals surface area contributed by atoms with E-state index in [1.165, 1.54) is 0 Å². The van der Waals surface area contributed by atoms with Gasteiger partial charge in [-0.15, -0.1) is 0 Å². The van der Waals surface area contributed by atoms with E-state index < -0.39 is 21.5 Å². The summed E-state index contributed by atoms with van der Waals surface area (Å²) in [5.41, 5.74) is 0. The summed E-state index contributed by atoms with van der Waals surface area (Å²) in [4.78, 5) is 0. The van der Waals surface area contributed by atoms with Crippen LogP contribution in [0.25, 0.3) is 0 Å². The first-order valence-electron chi connectivity index (χ1n) is 3.79. The Balaban J connectivity index is 3.33. The van der Waals surface area contributed by atoms with E-state index in [0.29, 0.717) is 22.0 Å². The van der Waals surface area contributed by atoms with E-state index in [4.69, 9.17) is 33.9 Å². The van der Waals surface area contributed by atoms with Gasteiger partial charge < -0.3 is 0 Å². The fraction of sp³-hybridized carbons (Fsp3) is 0.667. The summed E-state index contributed by atoms with van der Waals surface area (Å²) in [5.74, 6) is 0. The van der Waals surface area contributed by atoms with Crippen LogP contribution in [0.3, 0.4) is 0 Å². The van der Waals surface area contributed by atoms with E-state index >= 15 is 0 Å². The van der Waals surface area contributed by atoms with Crippen LogP contribution in [0, 0.1) is 0 Å². The molecule has 0 amide bonds. The Morgan fingerprint density at radius 2 is 1.46 bits per heavy atom. The third-order valence-electron chi connectivity index (χ3n) is 0.878. The van der Waals surface area contributed by atoms with E-state index in [2.05, 4.69) is 0 Å². The molecule has 13 heavy (non-hydrogen) atoms. The number of hydrogen-bond acceptors (Lipinski definition) is 6. The summed E-state index contributed by atoms with van der Waals surface area (Å²) in [7, 11) is 3.36. The minimum atomic E-state index is -1.13. The maximum absolute atomic E-state index is 5.14. The Bertz CT molecular complexity index is 158. The fourth-order valence-electron chi connectivity index (χ4n) is 0.445. The first-order chi connectivity index (χ1) is 6.20. The Kier molecular flexibility index (Phi) is 11.0. The molecule has 0 aliphatic heterocycles. The Morgan fingerprint density at radius 1 is 1.08 bits per heavy atom. The quantitative estimate of drug-likeness (QED) is 0.488. The molecule has 0 aliphatic rings. The second-order valence-corrected chi connectivity index (χ2v) is 20.3. The zero-order valence-electron chi connectivity index (χ0n) is 7.57. The molecule has 0 unspecified atom stereocenters. The van der Waals surface area contributed by atoms with Crippen LogP contribution < -0.4 is 0 Å². The molecule has 72 valence electrons. The van der Waals surface area contributed by atoms with E-state index in [0.717, 1.165) is 0 Å². The first-order valence-corrected chi connectivity index (χ1v) is 20.0. The normalized spacial score (nSPS) is 8.77. The van der Waals surface area contributed by atoms with Crippen LogP contribution in [0.1, 0.15) is 13.8 Å². The molecule has 0 aromatic heterocycles. The van der Waals surface area contributed by atoms with Crippen molar-refractivity contribution in [1.29, 1.82) is 0 Å². The van der Waals surface area contributed by atoms with Gasteiger partial charge in [0, 0.05) is 0 Å². The van der Waals surface area contributed by atoms with Gasteiger partial charge in [0.1, 0.15) is 0 Å². The topological polar surface area (TPSA) is 18.5 Å². The first kappa shape index (κ1) is 14.4. The standard InChI is InChI=1S/2C3H6OS2.Hg/c2*1-2-4-3(5)6;/h2*2H2,1H3,(H,5,6);/q;;+2/p-2. The number of hydrogen-bond donors (Lipinski definition) is 0. The SMILES string of the molecule is CCOC(=S)[S][Hg][S]C(=S)OCC. The maximum atomic E-state index is 5.14. The summed E-state index contributed by atoms with van der Waals surface area (Å²) in [6, 6.07) is 0. The van der Waals surface area contributed by atoms with Gasteiger partial charge in [-0.05, 0) is 0 Å². The van der Waals surface area contributed by atoms with Crippen molar-refractivity contribution < 1.29 is 31.0 Å². The van der Waals surface area contributed by atoms with E-state index in [1.807, 2.05) is 13.8 Å². The average Bonchev–Trinajstić information content (AvgIpc) is 2.05. The van der Waals surface area contributed by atoms with Gasteiger partial charge in [0.15, 0.2) is 0 Å². The fourth-order valence-corrected chi connectivity index (χ4v) is 20.4.